The van der Waals surface area contributed by atoms with Crippen molar-refractivity contribution in [2.24, 2.45) is 13.0 Å². The van der Waals surface area contributed by atoms with Gasteiger partial charge in [0.05, 0.1) is 12.3 Å². The molecule has 0 aliphatic carbocycles. The minimum atomic E-state index is 0.0820. The van der Waals surface area contributed by atoms with Crippen LogP contribution in [0.15, 0.2) is 18.7 Å². The highest BCUT2D eigenvalue weighted by molar-refractivity contribution is 5.92. The summed E-state index contributed by atoms with van der Waals surface area (Å²) in [5, 5.41) is 4.23. The number of aryl methyl sites for hydroxylation is 2. The normalized spacial score (nSPS) is 16.4. The molecule has 1 fully saturated rings. The van der Waals surface area contributed by atoms with Crippen LogP contribution in [0.4, 0.5) is 0 Å². The van der Waals surface area contributed by atoms with E-state index in [4.69, 9.17) is 4.74 Å². The smallest absolute Gasteiger partial charge is 0.272 e. The second-order valence-corrected chi connectivity index (χ2v) is 5.36. The molecule has 20 heavy (non-hydrogen) atoms. The number of likely N-dealkylation sites (tertiary alicyclic amines) is 1. The van der Waals surface area contributed by atoms with Gasteiger partial charge in [0.25, 0.3) is 5.91 Å². The van der Waals surface area contributed by atoms with Crippen molar-refractivity contribution in [1.29, 1.82) is 0 Å². The van der Waals surface area contributed by atoms with Crippen molar-refractivity contribution in [1.82, 2.24) is 14.7 Å². The number of hydrogen-bond acceptors (Lipinski definition) is 3. The summed E-state index contributed by atoms with van der Waals surface area (Å²) in [4.78, 5) is 14.3. The van der Waals surface area contributed by atoms with Gasteiger partial charge in [-0.05, 0) is 31.7 Å². The summed E-state index contributed by atoms with van der Waals surface area (Å²) < 4.78 is 7.15. The van der Waals surface area contributed by atoms with Gasteiger partial charge in [0, 0.05) is 26.7 Å². The van der Waals surface area contributed by atoms with Gasteiger partial charge in [0.2, 0.25) is 0 Å². The van der Waals surface area contributed by atoms with Crippen molar-refractivity contribution in [2.75, 3.05) is 26.3 Å². The number of aromatic nitrogens is 2. The van der Waals surface area contributed by atoms with Crippen LogP contribution in [0.1, 0.15) is 29.0 Å². The van der Waals surface area contributed by atoms with E-state index in [0.717, 1.165) is 38.2 Å². The number of rotatable bonds is 5. The van der Waals surface area contributed by atoms with Gasteiger partial charge < -0.3 is 9.64 Å². The quantitative estimate of drug-likeness (QED) is 0.609. The summed E-state index contributed by atoms with van der Waals surface area (Å²) in [5.41, 5.74) is 1.55. The molecule has 5 nitrogen and oxygen atoms in total. The van der Waals surface area contributed by atoms with Crippen molar-refractivity contribution < 1.29 is 9.53 Å². The van der Waals surface area contributed by atoms with Gasteiger partial charge in [-0.2, -0.15) is 5.10 Å². The lowest BCUT2D eigenvalue weighted by atomic mass is 9.97. The van der Waals surface area contributed by atoms with Crippen LogP contribution < -0.4 is 0 Å². The summed E-state index contributed by atoms with van der Waals surface area (Å²) in [6, 6.07) is 1.85. The molecule has 1 aliphatic heterocycles. The monoisotopic (exact) mass is 277 g/mol. The molecule has 0 spiro atoms. The van der Waals surface area contributed by atoms with Crippen LogP contribution in [0.5, 0.6) is 0 Å². The number of ether oxygens (including phenoxy) is 1. The third kappa shape index (κ3) is 3.48. The van der Waals surface area contributed by atoms with Crippen molar-refractivity contribution in [3.63, 3.8) is 0 Å². The first-order valence-electron chi connectivity index (χ1n) is 7.10. The van der Waals surface area contributed by atoms with Crippen LogP contribution in [0, 0.1) is 12.8 Å². The van der Waals surface area contributed by atoms with E-state index in [1.54, 1.807) is 10.8 Å². The van der Waals surface area contributed by atoms with Crippen molar-refractivity contribution in [3.05, 3.63) is 30.1 Å². The lowest BCUT2D eigenvalue weighted by molar-refractivity contribution is 0.0567. The summed E-state index contributed by atoms with van der Waals surface area (Å²) in [5.74, 6) is 0.630. The molecule has 1 aromatic rings. The van der Waals surface area contributed by atoms with Crippen molar-refractivity contribution >= 4 is 5.91 Å². The van der Waals surface area contributed by atoms with Crippen molar-refractivity contribution in [3.8, 4) is 0 Å². The van der Waals surface area contributed by atoms with E-state index in [1.807, 2.05) is 24.9 Å². The highest BCUT2D eigenvalue weighted by Crippen LogP contribution is 2.19. The van der Waals surface area contributed by atoms with Gasteiger partial charge in [0.15, 0.2) is 0 Å². The number of piperidine rings is 1. The molecule has 0 atom stereocenters. The Labute approximate surface area is 120 Å². The number of amides is 1. The minimum Gasteiger partial charge on any atom is -0.377 e. The average Bonchev–Trinajstić information content (AvgIpc) is 2.78. The summed E-state index contributed by atoms with van der Waals surface area (Å²) in [6.07, 6.45) is 3.77. The van der Waals surface area contributed by atoms with Gasteiger partial charge in [-0.3, -0.25) is 9.48 Å². The fourth-order valence-electron chi connectivity index (χ4n) is 2.59. The zero-order valence-corrected chi connectivity index (χ0v) is 12.3. The molecule has 1 amide bonds. The molecule has 2 heterocycles. The Bertz CT molecular complexity index is 473. The predicted molar refractivity (Wildman–Crippen MR) is 77.6 cm³/mol. The van der Waals surface area contributed by atoms with E-state index in [9.17, 15) is 4.79 Å². The Balaban J connectivity index is 1.86. The zero-order chi connectivity index (χ0) is 14.5. The molecule has 0 saturated carbocycles. The topological polar surface area (TPSA) is 47.4 Å². The van der Waals surface area contributed by atoms with Crippen LogP contribution >= 0.6 is 0 Å². The average molecular weight is 277 g/mol. The van der Waals surface area contributed by atoms with Gasteiger partial charge in [-0.25, -0.2) is 0 Å². The van der Waals surface area contributed by atoms with Crippen LogP contribution in [-0.4, -0.2) is 46.9 Å². The Kier molecular flexibility index (Phi) is 4.95. The highest BCUT2D eigenvalue weighted by atomic mass is 16.5. The highest BCUT2D eigenvalue weighted by Gasteiger charge is 2.25. The second kappa shape index (κ2) is 6.70. The number of carbonyl (C=O) groups excluding carboxylic acids is 1. The molecule has 0 aromatic carbocycles. The number of nitrogens with zero attached hydrogens (tertiary/aromatic N) is 3. The van der Waals surface area contributed by atoms with Gasteiger partial charge >= 0.3 is 0 Å². The van der Waals surface area contributed by atoms with E-state index in [1.165, 1.54) is 0 Å². The number of carbonyl (C=O) groups is 1. The van der Waals surface area contributed by atoms with Gasteiger partial charge in [-0.15, -0.1) is 6.58 Å². The molecule has 0 bridgehead atoms. The van der Waals surface area contributed by atoms with Crippen LogP contribution in [0.25, 0.3) is 0 Å². The SMILES string of the molecule is C=CCOCC1CCN(C(=O)c2cc(C)nn2C)CC1. The Hall–Kier alpha value is -1.62. The molecule has 5 heteroatoms. The van der Waals surface area contributed by atoms with E-state index >= 15 is 0 Å². The first kappa shape index (κ1) is 14.8. The molecular formula is C15H23N3O2. The Morgan fingerprint density at radius 3 is 2.80 bits per heavy atom. The first-order chi connectivity index (χ1) is 9.61. The lowest BCUT2D eigenvalue weighted by Crippen LogP contribution is -2.40. The van der Waals surface area contributed by atoms with Crippen molar-refractivity contribution in [2.45, 2.75) is 19.8 Å². The molecule has 1 aromatic heterocycles. The van der Waals surface area contributed by atoms with E-state index in [-0.39, 0.29) is 5.91 Å². The standard InChI is InChI=1S/C15H23N3O2/c1-4-9-20-11-13-5-7-18(8-6-13)15(19)14-10-12(2)16-17(14)3/h4,10,13H,1,5-9,11H2,2-3H3. The van der Waals surface area contributed by atoms with E-state index in [2.05, 4.69) is 11.7 Å². The number of hydrogen-bond donors (Lipinski definition) is 0. The fourth-order valence-corrected chi connectivity index (χ4v) is 2.59. The Morgan fingerprint density at radius 2 is 2.25 bits per heavy atom. The lowest BCUT2D eigenvalue weighted by Gasteiger charge is -2.31. The third-order valence-corrected chi connectivity index (χ3v) is 3.71. The molecular weight excluding hydrogens is 254 g/mol. The molecule has 110 valence electrons. The Morgan fingerprint density at radius 1 is 1.55 bits per heavy atom. The third-order valence-electron chi connectivity index (χ3n) is 3.71. The van der Waals surface area contributed by atoms with Crippen LogP contribution in [0.2, 0.25) is 0 Å². The second-order valence-electron chi connectivity index (χ2n) is 5.36. The van der Waals surface area contributed by atoms with Crippen LogP contribution in [-0.2, 0) is 11.8 Å². The first-order valence-corrected chi connectivity index (χ1v) is 7.10. The van der Waals surface area contributed by atoms with Crippen LogP contribution in [0.3, 0.4) is 0 Å². The minimum absolute atomic E-state index is 0.0820. The van der Waals surface area contributed by atoms with Gasteiger partial charge in [0.1, 0.15) is 5.69 Å². The summed E-state index contributed by atoms with van der Waals surface area (Å²) in [7, 11) is 1.82. The fraction of sp³-hybridized carbons (Fsp3) is 0.600. The molecule has 2 rings (SSSR count). The predicted octanol–water partition coefficient (Wildman–Crippen LogP) is 1.78. The van der Waals surface area contributed by atoms with Gasteiger partial charge in [-0.1, -0.05) is 6.08 Å². The maximum atomic E-state index is 12.4. The maximum Gasteiger partial charge on any atom is 0.272 e. The molecule has 0 N–H and O–H groups in total. The molecule has 0 radical (unpaired) electrons. The molecule has 1 saturated heterocycles. The largest absolute Gasteiger partial charge is 0.377 e. The molecule has 1 aliphatic rings. The van der Waals surface area contributed by atoms with E-state index in [0.29, 0.717) is 18.2 Å². The van der Waals surface area contributed by atoms with E-state index < -0.39 is 0 Å². The summed E-state index contributed by atoms with van der Waals surface area (Å²) >= 11 is 0. The maximum absolute atomic E-state index is 12.4. The summed E-state index contributed by atoms with van der Waals surface area (Å²) in [6.45, 7) is 8.50. The molecule has 0 unspecified atom stereocenters. The zero-order valence-electron chi connectivity index (χ0n) is 12.3.